The molecule has 0 unspecified atom stereocenters. The SMILES string of the molecule is CNC(=O)[C@@H]1CC[C@H](C(=O)O)N1Cc1ccccc1. The number of likely N-dealkylation sites (tertiary alicyclic amines) is 1. The second-order valence-corrected chi connectivity index (χ2v) is 4.72. The zero-order valence-corrected chi connectivity index (χ0v) is 10.9. The Morgan fingerprint density at radius 1 is 1.26 bits per heavy atom. The number of hydrogen-bond acceptors (Lipinski definition) is 3. The molecular weight excluding hydrogens is 244 g/mol. The fraction of sp³-hybridized carbons (Fsp3) is 0.429. The highest BCUT2D eigenvalue weighted by molar-refractivity contribution is 5.84. The predicted octanol–water partition coefficient (Wildman–Crippen LogP) is 0.850. The first-order valence-corrected chi connectivity index (χ1v) is 6.37. The fourth-order valence-electron chi connectivity index (χ4n) is 2.59. The van der Waals surface area contributed by atoms with Crippen molar-refractivity contribution in [2.45, 2.75) is 31.5 Å². The number of nitrogens with one attached hydrogen (secondary N) is 1. The first kappa shape index (κ1) is 13.5. The third-order valence-corrected chi connectivity index (χ3v) is 3.56. The van der Waals surface area contributed by atoms with Gasteiger partial charge in [-0.15, -0.1) is 0 Å². The summed E-state index contributed by atoms with van der Waals surface area (Å²) in [4.78, 5) is 24.9. The van der Waals surface area contributed by atoms with E-state index in [1.807, 2.05) is 30.3 Å². The van der Waals surface area contributed by atoms with Crippen molar-refractivity contribution in [1.82, 2.24) is 10.2 Å². The van der Waals surface area contributed by atoms with Crippen molar-refractivity contribution in [2.75, 3.05) is 7.05 Å². The zero-order valence-electron chi connectivity index (χ0n) is 10.9. The minimum atomic E-state index is -0.859. The third-order valence-electron chi connectivity index (χ3n) is 3.56. The number of aliphatic carboxylic acids is 1. The van der Waals surface area contributed by atoms with Crippen LogP contribution >= 0.6 is 0 Å². The van der Waals surface area contributed by atoms with Crippen molar-refractivity contribution in [3.8, 4) is 0 Å². The van der Waals surface area contributed by atoms with Crippen molar-refractivity contribution in [3.63, 3.8) is 0 Å². The predicted molar refractivity (Wildman–Crippen MR) is 70.5 cm³/mol. The normalized spacial score (nSPS) is 23.2. The molecule has 0 radical (unpaired) electrons. The molecule has 1 aromatic carbocycles. The Labute approximate surface area is 112 Å². The van der Waals surface area contributed by atoms with Crippen molar-refractivity contribution in [1.29, 1.82) is 0 Å². The highest BCUT2D eigenvalue weighted by atomic mass is 16.4. The Morgan fingerprint density at radius 2 is 1.89 bits per heavy atom. The van der Waals surface area contributed by atoms with E-state index < -0.39 is 12.0 Å². The summed E-state index contributed by atoms with van der Waals surface area (Å²) in [6.07, 6.45) is 1.10. The van der Waals surface area contributed by atoms with Crippen LogP contribution in [0.25, 0.3) is 0 Å². The van der Waals surface area contributed by atoms with Crippen LogP contribution in [0.4, 0.5) is 0 Å². The number of hydrogen-bond donors (Lipinski definition) is 2. The molecule has 2 rings (SSSR count). The first-order valence-electron chi connectivity index (χ1n) is 6.37. The molecule has 1 amide bonds. The van der Waals surface area contributed by atoms with Crippen LogP contribution in [0, 0.1) is 0 Å². The molecular formula is C14H18N2O3. The van der Waals surface area contributed by atoms with Gasteiger partial charge in [-0.3, -0.25) is 14.5 Å². The Hall–Kier alpha value is -1.88. The van der Waals surface area contributed by atoms with E-state index in [0.29, 0.717) is 19.4 Å². The van der Waals surface area contributed by atoms with Gasteiger partial charge in [0.25, 0.3) is 0 Å². The molecule has 0 bridgehead atoms. The van der Waals surface area contributed by atoms with E-state index in [0.717, 1.165) is 5.56 Å². The summed E-state index contributed by atoms with van der Waals surface area (Å²) in [6.45, 7) is 0.482. The third kappa shape index (κ3) is 2.93. The molecule has 1 aromatic rings. The number of nitrogens with zero attached hydrogens (tertiary/aromatic N) is 1. The topological polar surface area (TPSA) is 69.6 Å². The van der Waals surface area contributed by atoms with Crippen molar-refractivity contribution in [2.24, 2.45) is 0 Å². The molecule has 0 spiro atoms. The Kier molecular flexibility index (Phi) is 4.16. The maximum Gasteiger partial charge on any atom is 0.320 e. The second kappa shape index (κ2) is 5.84. The number of carbonyl (C=O) groups excluding carboxylic acids is 1. The van der Waals surface area contributed by atoms with Crippen LogP contribution in [0.15, 0.2) is 30.3 Å². The van der Waals surface area contributed by atoms with Crippen molar-refractivity contribution >= 4 is 11.9 Å². The van der Waals surface area contributed by atoms with Crippen molar-refractivity contribution in [3.05, 3.63) is 35.9 Å². The molecule has 5 nitrogen and oxygen atoms in total. The molecule has 1 aliphatic rings. The van der Waals surface area contributed by atoms with Gasteiger partial charge in [0.15, 0.2) is 0 Å². The van der Waals surface area contributed by atoms with Gasteiger partial charge >= 0.3 is 5.97 Å². The lowest BCUT2D eigenvalue weighted by Gasteiger charge is -2.26. The maximum absolute atomic E-state index is 11.8. The summed E-state index contributed by atoms with van der Waals surface area (Å²) in [6, 6.07) is 8.69. The molecule has 1 aliphatic heterocycles. The van der Waals surface area contributed by atoms with Gasteiger partial charge in [-0.1, -0.05) is 30.3 Å². The van der Waals surface area contributed by atoms with Gasteiger partial charge in [-0.2, -0.15) is 0 Å². The van der Waals surface area contributed by atoms with Gasteiger partial charge in [-0.05, 0) is 18.4 Å². The smallest absolute Gasteiger partial charge is 0.320 e. The lowest BCUT2D eigenvalue weighted by atomic mass is 10.1. The van der Waals surface area contributed by atoms with Crippen LogP contribution in [0.5, 0.6) is 0 Å². The monoisotopic (exact) mass is 262 g/mol. The molecule has 2 atom stereocenters. The number of amides is 1. The van der Waals surface area contributed by atoms with Crippen molar-refractivity contribution < 1.29 is 14.7 Å². The molecule has 1 fully saturated rings. The van der Waals surface area contributed by atoms with Gasteiger partial charge in [0.1, 0.15) is 6.04 Å². The average molecular weight is 262 g/mol. The Balaban J connectivity index is 2.19. The minimum Gasteiger partial charge on any atom is -0.480 e. The number of carbonyl (C=O) groups is 2. The molecule has 102 valence electrons. The molecule has 5 heteroatoms. The van der Waals surface area contributed by atoms with Gasteiger partial charge < -0.3 is 10.4 Å². The minimum absolute atomic E-state index is 0.111. The molecule has 1 saturated heterocycles. The summed E-state index contributed by atoms with van der Waals surface area (Å²) >= 11 is 0. The zero-order chi connectivity index (χ0) is 13.8. The number of carboxylic acid groups (broad SMARTS) is 1. The molecule has 0 aromatic heterocycles. The molecule has 2 N–H and O–H groups in total. The summed E-state index contributed by atoms with van der Waals surface area (Å²) in [5, 5.41) is 11.9. The summed E-state index contributed by atoms with van der Waals surface area (Å²) in [5.41, 5.74) is 1.02. The number of likely N-dealkylation sites (N-methyl/N-ethyl adjacent to an activating group) is 1. The fourth-order valence-corrected chi connectivity index (χ4v) is 2.59. The largest absolute Gasteiger partial charge is 0.480 e. The lowest BCUT2D eigenvalue weighted by Crippen LogP contribution is -2.46. The number of carboxylic acids is 1. The Bertz CT molecular complexity index is 461. The van der Waals surface area contributed by atoms with E-state index in [9.17, 15) is 14.7 Å². The van der Waals surface area contributed by atoms with E-state index in [1.165, 1.54) is 0 Å². The van der Waals surface area contributed by atoms with Crippen LogP contribution in [0.2, 0.25) is 0 Å². The second-order valence-electron chi connectivity index (χ2n) is 4.72. The highest BCUT2D eigenvalue weighted by Gasteiger charge is 2.40. The standard InChI is InChI=1S/C14H18N2O3/c1-15-13(17)11-7-8-12(14(18)19)16(11)9-10-5-3-2-4-6-10/h2-6,11-12H,7-9H2,1H3,(H,15,17)(H,18,19)/t11-,12+/m0/s1. The number of benzene rings is 1. The van der Waals surface area contributed by atoms with Gasteiger partial charge in [0, 0.05) is 13.6 Å². The van der Waals surface area contributed by atoms with Crippen LogP contribution in [-0.4, -0.2) is 41.0 Å². The van der Waals surface area contributed by atoms with E-state index >= 15 is 0 Å². The molecule has 19 heavy (non-hydrogen) atoms. The van der Waals surface area contributed by atoms with Gasteiger partial charge in [0.05, 0.1) is 6.04 Å². The first-order chi connectivity index (χ1) is 9.13. The average Bonchev–Trinajstić information content (AvgIpc) is 2.83. The summed E-state index contributed by atoms with van der Waals surface area (Å²) in [7, 11) is 1.58. The van der Waals surface area contributed by atoms with E-state index in [-0.39, 0.29) is 11.9 Å². The Morgan fingerprint density at radius 3 is 2.47 bits per heavy atom. The lowest BCUT2D eigenvalue weighted by molar-refractivity contribution is -0.143. The quantitative estimate of drug-likeness (QED) is 0.844. The molecule has 1 heterocycles. The summed E-state index contributed by atoms with van der Waals surface area (Å²) in [5.74, 6) is -0.970. The van der Waals surface area contributed by atoms with E-state index in [4.69, 9.17) is 0 Å². The maximum atomic E-state index is 11.8. The van der Waals surface area contributed by atoms with Crippen LogP contribution < -0.4 is 5.32 Å². The van der Waals surface area contributed by atoms with Crippen LogP contribution in [-0.2, 0) is 16.1 Å². The van der Waals surface area contributed by atoms with E-state index in [1.54, 1.807) is 11.9 Å². The number of rotatable bonds is 4. The van der Waals surface area contributed by atoms with Gasteiger partial charge in [0.2, 0.25) is 5.91 Å². The highest BCUT2D eigenvalue weighted by Crippen LogP contribution is 2.26. The van der Waals surface area contributed by atoms with Crippen LogP contribution in [0.3, 0.4) is 0 Å². The van der Waals surface area contributed by atoms with E-state index in [2.05, 4.69) is 5.32 Å². The van der Waals surface area contributed by atoms with Crippen LogP contribution in [0.1, 0.15) is 18.4 Å². The van der Waals surface area contributed by atoms with Gasteiger partial charge in [-0.25, -0.2) is 0 Å². The molecule has 0 saturated carbocycles. The summed E-state index contributed by atoms with van der Waals surface area (Å²) < 4.78 is 0. The molecule has 0 aliphatic carbocycles.